The van der Waals surface area contributed by atoms with E-state index in [1.807, 2.05) is 31.2 Å². The number of para-hydroxylation sites is 1. The molecule has 0 aliphatic heterocycles. The summed E-state index contributed by atoms with van der Waals surface area (Å²) in [6, 6.07) is 7.85. The number of guanidine groups is 1. The van der Waals surface area contributed by atoms with Crippen molar-refractivity contribution in [2.45, 2.75) is 13.5 Å². The molecule has 0 heterocycles. The van der Waals surface area contributed by atoms with Crippen molar-refractivity contribution in [3.8, 4) is 5.75 Å². The van der Waals surface area contributed by atoms with Crippen molar-refractivity contribution in [1.82, 2.24) is 10.6 Å². The zero-order valence-electron chi connectivity index (χ0n) is 14.1. The van der Waals surface area contributed by atoms with Crippen molar-refractivity contribution in [1.29, 1.82) is 0 Å². The summed E-state index contributed by atoms with van der Waals surface area (Å²) in [5.74, 6) is 1.60. The molecule has 0 saturated heterocycles. The molecular weight excluding hydrogens is 409 g/mol. The molecule has 1 rings (SSSR count). The quantitative estimate of drug-likeness (QED) is 0.254. The number of nitrogens with zero attached hydrogens (tertiary/aromatic N) is 1. The summed E-state index contributed by atoms with van der Waals surface area (Å²) in [7, 11) is 3.41. The Morgan fingerprint density at radius 3 is 2.35 bits per heavy atom. The summed E-state index contributed by atoms with van der Waals surface area (Å²) in [4.78, 5) is 4.13. The lowest BCUT2D eigenvalue weighted by molar-refractivity contribution is 0.123. The Labute approximate surface area is 156 Å². The monoisotopic (exact) mass is 437 g/mol. The third-order valence-corrected chi connectivity index (χ3v) is 2.96. The van der Waals surface area contributed by atoms with Gasteiger partial charge in [0, 0.05) is 32.3 Å². The highest BCUT2D eigenvalue weighted by atomic mass is 127. The number of ether oxygens (including phenoxy) is 3. The predicted octanol–water partition coefficient (Wildman–Crippen LogP) is 2.03. The molecule has 0 saturated carbocycles. The molecule has 0 bridgehead atoms. The van der Waals surface area contributed by atoms with Gasteiger partial charge in [-0.05, 0) is 13.0 Å². The van der Waals surface area contributed by atoms with E-state index in [1.165, 1.54) is 0 Å². The van der Waals surface area contributed by atoms with Crippen LogP contribution in [0, 0.1) is 0 Å². The molecule has 7 heteroatoms. The van der Waals surface area contributed by atoms with Gasteiger partial charge in [-0.2, -0.15) is 0 Å². The fraction of sp³-hybridized carbons (Fsp3) is 0.562. The van der Waals surface area contributed by atoms with Crippen LogP contribution in [0.1, 0.15) is 12.5 Å². The molecule has 0 atom stereocenters. The second-order valence-electron chi connectivity index (χ2n) is 4.49. The standard InChI is InChI=1S/C16H27N3O3.HI/c1-4-21-11-9-18-16(17-2)19-10-12-22-13-14-7-5-6-8-15(14)20-3;/h5-8H,4,9-13H2,1-3H3,(H2,17,18,19);1H. The Morgan fingerprint density at radius 1 is 1.09 bits per heavy atom. The highest BCUT2D eigenvalue weighted by Crippen LogP contribution is 2.17. The first-order chi connectivity index (χ1) is 10.8. The van der Waals surface area contributed by atoms with Crippen LogP contribution in [0.25, 0.3) is 0 Å². The van der Waals surface area contributed by atoms with Crippen LogP contribution in [0.3, 0.4) is 0 Å². The van der Waals surface area contributed by atoms with Crippen molar-refractivity contribution < 1.29 is 14.2 Å². The van der Waals surface area contributed by atoms with Crippen LogP contribution in [-0.4, -0.2) is 53.0 Å². The number of nitrogens with one attached hydrogen (secondary N) is 2. The molecule has 1 aromatic rings. The van der Waals surface area contributed by atoms with E-state index in [2.05, 4.69) is 15.6 Å². The van der Waals surface area contributed by atoms with E-state index in [4.69, 9.17) is 14.2 Å². The minimum absolute atomic E-state index is 0. The first kappa shape index (κ1) is 21.9. The van der Waals surface area contributed by atoms with E-state index in [0.29, 0.717) is 26.4 Å². The van der Waals surface area contributed by atoms with Crippen LogP contribution in [-0.2, 0) is 16.1 Å². The van der Waals surface area contributed by atoms with Crippen LogP contribution >= 0.6 is 24.0 Å². The largest absolute Gasteiger partial charge is 0.496 e. The lowest BCUT2D eigenvalue weighted by Gasteiger charge is -2.12. The van der Waals surface area contributed by atoms with Crippen molar-refractivity contribution in [2.24, 2.45) is 4.99 Å². The van der Waals surface area contributed by atoms with Crippen LogP contribution < -0.4 is 15.4 Å². The number of aliphatic imine (C=N–C) groups is 1. The minimum atomic E-state index is 0. The smallest absolute Gasteiger partial charge is 0.191 e. The molecule has 0 spiro atoms. The topological polar surface area (TPSA) is 64.1 Å². The van der Waals surface area contributed by atoms with E-state index in [-0.39, 0.29) is 24.0 Å². The SMILES string of the molecule is CCOCCNC(=NC)NCCOCc1ccccc1OC.I. The molecule has 132 valence electrons. The third kappa shape index (κ3) is 9.62. The van der Waals surface area contributed by atoms with Gasteiger partial charge in [-0.15, -0.1) is 24.0 Å². The van der Waals surface area contributed by atoms with Crippen LogP contribution in [0.5, 0.6) is 5.75 Å². The van der Waals surface area contributed by atoms with E-state index in [0.717, 1.165) is 30.4 Å². The maximum atomic E-state index is 5.65. The van der Waals surface area contributed by atoms with Gasteiger partial charge in [0.05, 0.1) is 26.9 Å². The molecule has 23 heavy (non-hydrogen) atoms. The van der Waals surface area contributed by atoms with E-state index >= 15 is 0 Å². The predicted molar refractivity (Wildman–Crippen MR) is 104 cm³/mol. The first-order valence-corrected chi connectivity index (χ1v) is 7.53. The van der Waals surface area contributed by atoms with E-state index < -0.39 is 0 Å². The molecule has 0 aromatic heterocycles. The Morgan fingerprint density at radius 2 is 1.74 bits per heavy atom. The number of rotatable bonds is 10. The number of benzene rings is 1. The summed E-state index contributed by atoms with van der Waals surface area (Å²) in [6.45, 7) is 5.91. The molecular formula is C16H28IN3O3. The Bertz CT molecular complexity index is 444. The highest BCUT2D eigenvalue weighted by Gasteiger charge is 2.01. The van der Waals surface area contributed by atoms with Gasteiger partial charge in [-0.25, -0.2) is 0 Å². The lowest BCUT2D eigenvalue weighted by atomic mass is 10.2. The molecule has 0 aliphatic rings. The third-order valence-electron chi connectivity index (χ3n) is 2.96. The van der Waals surface area contributed by atoms with Crippen molar-refractivity contribution in [3.05, 3.63) is 29.8 Å². The van der Waals surface area contributed by atoms with Crippen molar-refractivity contribution in [2.75, 3.05) is 47.1 Å². The van der Waals surface area contributed by atoms with E-state index in [9.17, 15) is 0 Å². The summed E-state index contributed by atoms with van der Waals surface area (Å²) >= 11 is 0. The van der Waals surface area contributed by atoms with Gasteiger partial charge in [-0.1, -0.05) is 18.2 Å². The summed E-state index contributed by atoms with van der Waals surface area (Å²) in [6.07, 6.45) is 0. The zero-order chi connectivity index (χ0) is 16.0. The maximum Gasteiger partial charge on any atom is 0.191 e. The molecule has 0 fully saturated rings. The van der Waals surface area contributed by atoms with Gasteiger partial charge in [0.1, 0.15) is 5.75 Å². The Kier molecular flexibility index (Phi) is 13.9. The van der Waals surface area contributed by atoms with Gasteiger partial charge in [-0.3, -0.25) is 4.99 Å². The van der Waals surface area contributed by atoms with Gasteiger partial charge in [0.25, 0.3) is 0 Å². The summed E-state index contributed by atoms with van der Waals surface area (Å²) in [5, 5.41) is 6.36. The Hall–Kier alpha value is -1.06. The fourth-order valence-electron chi connectivity index (χ4n) is 1.85. The maximum absolute atomic E-state index is 5.65. The average molecular weight is 437 g/mol. The number of hydrogen-bond acceptors (Lipinski definition) is 4. The van der Waals surface area contributed by atoms with Gasteiger partial charge in [0.2, 0.25) is 0 Å². The van der Waals surface area contributed by atoms with Crippen molar-refractivity contribution in [3.63, 3.8) is 0 Å². The molecule has 0 unspecified atom stereocenters. The van der Waals surface area contributed by atoms with Gasteiger partial charge >= 0.3 is 0 Å². The lowest BCUT2D eigenvalue weighted by Crippen LogP contribution is -2.40. The molecule has 6 nitrogen and oxygen atoms in total. The molecule has 0 amide bonds. The summed E-state index contributed by atoms with van der Waals surface area (Å²) in [5.41, 5.74) is 1.05. The highest BCUT2D eigenvalue weighted by molar-refractivity contribution is 14.0. The average Bonchev–Trinajstić information content (AvgIpc) is 2.56. The molecule has 1 aromatic carbocycles. The van der Waals surface area contributed by atoms with Gasteiger partial charge < -0.3 is 24.8 Å². The first-order valence-electron chi connectivity index (χ1n) is 7.53. The summed E-state index contributed by atoms with van der Waals surface area (Å²) < 4.78 is 16.2. The zero-order valence-corrected chi connectivity index (χ0v) is 16.5. The molecule has 0 aliphatic carbocycles. The second-order valence-corrected chi connectivity index (χ2v) is 4.49. The second kappa shape index (κ2) is 14.5. The Balaban J connectivity index is 0.00000484. The number of methoxy groups -OCH3 is 1. The fourth-order valence-corrected chi connectivity index (χ4v) is 1.85. The van der Waals surface area contributed by atoms with Crippen LogP contribution in [0.2, 0.25) is 0 Å². The van der Waals surface area contributed by atoms with Crippen LogP contribution in [0.4, 0.5) is 0 Å². The van der Waals surface area contributed by atoms with Gasteiger partial charge in [0.15, 0.2) is 5.96 Å². The van der Waals surface area contributed by atoms with Crippen LogP contribution in [0.15, 0.2) is 29.3 Å². The minimum Gasteiger partial charge on any atom is -0.496 e. The number of hydrogen-bond donors (Lipinski definition) is 2. The normalized spacial score (nSPS) is 10.8. The molecule has 2 N–H and O–H groups in total. The molecule has 0 radical (unpaired) electrons. The van der Waals surface area contributed by atoms with Crippen molar-refractivity contribution >= 4 is 29.9 Å². The number of halogens is 1. The van der Waals surface area contributed by atoms with E-state index in [1.54, 1.807) is 14.2 Å².